The van der Waals surface area contributed by atoms with E-state index in [0.717, 1.165) is 31.2 Å². The number of carbonyl (C=O) groups excluding carboxylic acids is 2. The molecule has 0 N–H and O–H groups in total. The molecule has 3 nitrogen and oxygen atoms in total. The van der Waals surface area contributed by atoms with Crippen LogP contribution in [0.2, 0.25) is 0 Å². The van der Waals surface area contributed by atoms with Gasteiger partial charge in [-0.05, 0) is 42.7 Å². The van der Waals surface area contributed by atoms with Crippen molar-refractivity contribution in [2.75, 3.05) is 7.05 Å². The van der Waals surface area contributed by atoms with E-state index in [4.69, 9.17) is 0 Å². The van der Waals surface area contributed by atoms with E-state index < -0.39 is 5.54 Å². The Balaban J connectivity index is 1.62. The quantitative estimate of drug-likeness (QED) is 0.827. The molecule has 26 heavy (non-hydrogen) atoms. The number of hydrogen-bond donors (Lipinski definition) is 0. The molecule has 4 rings (SSSR count). The summed E-state index contributed by atoms with van der Waals surface area (Å²) in [5.74, 6) is 0.580. The van der Waals surface area contributed by atoms with E-state index >= 15 is 0 Å². The summed E-state index contributed by atoms with van der Waals surface area (Å²) in [6.45, 7) is 0. The molecule has 3 atom stereocenters. The number of carbonyl (C=O) groups is 2. The van der Waals surface area contributed by atoms with E-state index in [0.29, 0.717) is 6.42 Å². The highest BCUT2D eigenvalue weighted by molar-refractivity contribution is 5.95. The molecule has 2 aromatic rings. The van der Waals surface area contributed by atoms with Crippen LogP contribution in [0.15, 0.2) is 60.7 Å². The van der Waals surface area contributed by atoms with Crippen LogP contribution in [0.25, 0.3) is 0 Å². The molecule has 1 amide bonds. The van der Waals surface area contributed by atoms with Crippen molar-refractivity contribution in [1.29, 1.82) is 0 Å². The zero-order valence-electron chi connectivity index (χ0n) is 15.2. The van der Waals surface area contributed by atoms with Gasteiger partial charge >= 0.3 is 0 Å². The lowest BCUT2D eigenvalue weighted by Gasteiger charge is -2.43. The number of nitrogens with zero attached hydrogens (tertiary/aromatic N) is 1. The van der Waals surface area contributed by atoms with Crippen molar-refractivity contribution >= 4 is 11.7 Å². The average Bonchev–Trinajstić information content (AvgIpc) is 3.50. The second kappa shape index (κ2) is 6.71. The maximum absolute atomic E-state index is 13.3. The second-order valence-corrected chi connectivity index (χ2v) is 7.61. The molecular weight excluding hydrogens is 322 g/mol. The first-order chi connectivity index (χ1) is 12.6. The topological polar surface area (TPSA) is 37.4 Å². The van der Waals surface area contributed by atoms with Gasteiger partial charge in [0.2, 0.25) is 5.91 Å². The largest absolute Gasteiger partial charge is 0.329 e. The third kappa shape index (κ3) is 2.76. The third-order valence-electron chi connectivity index (χ3n) is 6.14. The van der Waals surface area contributed by atoms with Crippen LogP contribution in [0.5, 0.6) is 0 Å². The molecular formula is C23H25NO2. The van der Waals surface area contributed by atoms with E-state index in [1.54, 1.807) is 4.90 Å². The van der Waals surface area contributed by atoms with Gasteiger partial charge < -0.3 is 4.90 Å². The normalized spacial score (nSPS) is 27.8. The van der Waals surface area contributed by atoms with Gasteiger partial charge in [-0.3, -0.25) is 9.59 Å². The summed E-state index contributed by atoms with van der Waals surface area (Å²) in [5, 5.41) is 0. The van der Waals surface area contributed by atoms with Crippen molar-refractivity contribution < 1.29 is 9.59 Å². The number of ketones is 1. The molecule has 0 heterocycles. The molecule has 0 radical (unpaired) electrons. The minimum absolute atomic E-state index is 0.00212. The van der Waals surface area contributed by atoms with E-state index in [-0.39, 0.29) is 23.5 Å². The van der Waals surface area contributed by atoms with Crippen molar-refractivity contribution in [3.63, 3.8) is 0 Å². The van der Waals surface area contributed by atoms with Crippen molar-refractivity contribution in [1.82, 2.24) is 4.90 Å². The van der Waals surface area contributed by atoms with Crippen LogP contribution in [0.4, 0.5) is 0 Å². The van der Waals surface area contributed by atoms with Crippen molar-refractivity contribution in [2.24, 2.45) is 5.92 Å². The second-order valence-electron chi connectivity index (χ2n) is 7.61. The minimum Gasteiger partial charge on any atom is -0.329 e. The van der Waals surface area contributed by atoms with Gasteiger partial charge in [-0.2, -0.15) is 0 Å². The van der Waals surface area contributed by atoms with Crippen molar-refractivity contribution in [2.45, 2.75) is 43.6 Å². The summed E-state index contributed by atoms with van der Waals surface area (Å²) < 4.78 is 0. The van der Waals surface area contributed by atoms with Crippen molar-refractivity contribution in [3.05, 3.63) is 71.8 Å². The van der Waals surface area contributed by atoms with Crippen LogP contribution in [-0.2, 0) is 15.1 Å². The number of hydrogen-bond acceptors (Lipinski definition) is 2. The van der Waals surface area contributed by atoms with Crippen molar-refractivity contribution in [3.8, 4) is 0 Å². The molecule has 0 bridgehead atoms. The van der Waals surface area contributed by atoms with E-state index in [1.807, 2.05) is 55.6 Å². The molecule has 2 fully saturated rings. The van der Waals surface area contributed by atoms with Gasteiger partial charge in [-0.15, -0.1) is 0 Å². The average molecular weight is 347 g/mol. The zero-order chi connectivity index (χ0) is 18.1. The van der Waals surface area contributed by atoms with Gasteiger partial charge in [0.15, 0.2) is 5.78 Å². The first-order valence-corrected chi connectivity index (χ1v) is 9.56. The Morgan fingerprint density at radius 2 is 1.65 bits per heavy atom. The summed E-state index contributed by atoms with van der Waals surface area (Å²) in [7, 11) is 1.83. The Morgan fingerprint density at radius 3 is 2.31 bits per heavy atom. The molecule has 134 valence electrons. The van der Waals surface area contributed by atoms with Gasteiger partial charge in [0.25, 0.3) is 0 Å². The Kier molecular flexibility index (Phi) is 4.39. The van der Waals surface area contributed by atoms with Gasteiger partial charge in [0, 0.05) is 19.4 Å². The molecule has 2 aromatic carbocycles. The fraction of sp³-hybridized carbons (Fsp3) is 0.391. The fourth-order valence-corrected chi connectivity index (χ4v) is 4.55. The van der Waals surface area contributed by atoms with Crippen LogP contribution in [-0.4, -0.2) is 23.6 Å². The number of benzene rings is 2. The SMILES string of the molecule is CN(C(=O)[C@@H]1C[C@@H]1c1ccccc1)[C@]1(c2ccccc2)CCCCC1=O. The molecule has 2 aliphatic rings. The summed E-state index contributed by atoms with van der Waals surface area (Å²) >= 11 is 0. The fourth-order valence-electron chi connectivity index (χ4n) is 4.55. The molecule has 2 saturated carbocycles. The standard InChI is InChI=1S/C23H25NO2/c1-24(22(26)20-16-19(20)17-10-4-2-5-11-17)23(15-9-8-14-21(23)25)18-12-6-3-7-13-18/h2-7,10-13,19-20H,8-9,14-16H2,1H3/t19-,20-,23+/m1/s1. The van der Waals surface area contributed by atoms with E-state index in [9.17, 15) is 9.59 Å². The monoisotopic (exact) mass is 347 g/mol. The van der Waals surface area contributed by atoms with E-state index in [1.165, 1.54) is 5.56 Å². The summed E-state index contributed by atoms with van der Waals surface area (Å²) in [6.07, 6.45) is 4.06. The first-order valence-electron chi connectivity index (χ1n) is 9.56. The highest BCUT2D eigenvalue weighted by Gasteiger charge is 2.52. The Bertz CT molecular complexity index is 801. The summed E-state index contributed by atoms with van der Waals surface area (Å²) in [4.78, 5) is 28.1. The molecule has 0 saturated heterocycles. The molecule has 0 aromatic heterocycles. The van der Waals surface area contributed by atoms with Gasteiger partial charge in [-0.25, -0.2) is 0 Å². The molecule has 0 unspecified atom stereocenters. The summed E-state index contributed by atoms with van der Waals surface area (Å²) in [6, 6.07) is 20.1. The number of Topliss-reactive ketones (excluding diaryl/α,β-unsaturated/α-hetero) is 1. The predicted molar refractivity (Wildman–Crippen MR) is 102 cm³/mol. The molecule has 0 spiro atoms. The lowest BCUT2D eigenvalue weighted by atomic mass is 9.74. The van der Waals surface area contributed by atoms with Crippen LogP contribution in [0.3, 0.4) is 0 Å². The minimum atomic E-state index is -0.791. The molecule has 3 heteroatoms. The van der Waals surface area contributed by atoms with Gasteiger partial charge in [0.05, 0.1) is 0 Å². The first kappa shape index (κ1) is 17.0. The van der Waals surface area contributed by atoms with E-state index in [2.05, 4.69) is 12.1 Å². The Labute approximate surface area is 155 Å². The smallest absolute Gasteiger partial charge is 0.227 e. The van der Waals surface area contributed by atoms with Gasteiger partial charge in [0.1, 0.15) is 5.54 Å². The maximum Gasteiger partial charge on any atom is 0.227 e. The van der Waals surface area contributed by atoms with Crippen LogP contribution in [0.1, 0.15) is 49.1 Å². The number of rotatable bonds is 4. The maximum atomic E-state index is 13.3. The van der Waals surface area contributed by atoms with Crippen LogP contribution in [0, 0.1) is 5.92 Å². The summed E-state index contributed by atoms with van der Waals surface area (Å²) in [5.41, 5.74) is 1.39. The predicted octanol–water partition coefficient (Wildman–Crippen LogP) is 4.29. The lowest BCUT2D eigenvalue weighted by molar-refractivity contribution is -0.149. The third-order valence-corrected chi connectivity index (χ3v) is 6.14. The Morgan fingerprint density at radius 1 is 1.00 bits per heavy atom. The highest BCUT2D eigenvalue weighted by atomic mass is 16.2. The zero-order valence-corrected chi connectivity index (χ0v) is 15.2. The van der Waals surface area contributed by atoms with Crippen LogP contribution >= 0.6 is 0 Å². The Hall–Kier alpha value is -2.42. The molecule has 0 aliphatic heterocycles. The molecule has 2 aliphatic carbocycles. The number of likely N-dealkylation sites (N-methyl/N-ethyl adjacent to an activating group) is 1. The highest BCUT2D eigenvalue weighted by Crippen LogP contribution is 2.50. The van der Waals surface area contributed by atoms with Crippen LogP contribution < -0.4 is 0 Å². The lowest BCUT2D eigenvalue weighted by Crippen LogP contribution is -2.54. The van der Waals surface area contributed by atoms with Gasteiger partial charge in [-0.1, -0.05) is 60.7 Å². The number of amides is 1.